The van der Waals surface area contributed by atoms with Crippen molar-refractivity contribution in [3.8, 4) is 0 Å². The second-order valence-corrected chi connectivity index (χ2v) is 5.12. The Hall–Kier alpha value is -0.220. The highest BCUT2D eigenvalue weighted by molar-refractivity contribution is 7.99. The van der Waals surface area contributed by atoms with Crippen LogP contribution in [0.2, 0.25) is 0 Å². The van der Waals surface area contributed by atoms with Crippen molar-refractivity contribution in [3.05, 3.63) is 11.9 Å². The van der Waals surface area contributed by atoms with E-state index in [0.29, 0.717) is 0 Å². The molecule has 0 spiro atoms. The Morgan fingerprint density at radius 3 is 3.00 bits per heavy atom. The van der Waals surface area contributed by atoms with Crippen molar-refractivity contribution in [1.29, 1.82) is 0 Å². The van der Waals surface area contributed by atoms with Gasteiger partial charge in [0, 0.05) is 12.7 Å². The average Bonchev–Trinajstić information content (AvgIpc) is 2.61. The summed E-state index contributed by atoms with van der Waals surface area (Å²) in [5.41, 5.74) is 0.856. The van der Waals surface area contributed by atoms with Crippen LogP contribution in [0.4, 0.5) is 0 Å². The molecule has 0 fully saturated rings. The van der Waals surface area contributed by atoms with Crippen LogP contribution in [0.25, 0.3) is 0 Å². The van der Waals surface area contributed by atoms with Gasteiger partial charge < -0.3 is 0 Å². The van der Waals surface area contributed by atoms with Crippen LogP contribution in [0.5, 0.6) is 0 Å². The van der Waals surface area contributed by atoms with Crippen LogP contribution >= 0.6 is 23.4 Å². The van der Waals surface area contributed by atoms with Gasteiger partial charge in [-0.1, -0.05) is 12.1 Å². The highest BCUT2D eigenvalue weighted by atomic mass is 35.5. The normalized spacial score (nSPS) is 13.1. The molecule has 14 heavy (non-hydrogen) atoms. The number of thioether (sulfide) groups is 1. The van der Waals surface area contributed by atoms with E-state index in [9.17, 15) is 0 Å². The summed E-state index contributed by atoms with van der Waals surface area (Å²) in [6.45, 7) is 5.01. The molecule has 5 heteroatoms. The SMILES string of the molecule is CCSCCCn1cc(C(C)Cl)nn1. The molecule has 1 atom stereocenters. The van der Waals surface area contributed by atoms with Crippen LogP contribution in [0, 0.1) is 0 Å². The van der Waals surface area contributed by atoms with Gasteiger partial charge in [0.15, 0.2) is 0 Å². The second-order valence-electron chi connectivity index (χ2n) is 3.07. The van der Waals surface area contributed by atoms with Gasteiger partial charge in [-0.05, 0) is 24.9 Å². The molecule has 80 valence electrons. The minimum absolute atomic E-state index is 0.0474. The minimum atomic E-state index is -0.0474. The molecule has 3 nitrogen and oxygen atoms in total. The average molecular weight is 234 g/mol. The minimum Gasteiger partial charge on any atom is -0.252 e. The fraction of sp³-hybridized carbons (Fsp3) is 0.778. The third kappa shape index (κ3) is 3.88. The van der Waals surface area contributed by atoms with Crippen molar-refractivity contribution in [2.75, 3.05) is 11.5 Å². The number of alkyl halides is 1. The molecule has 0 aliphatic carbocycles. The van der Waals surface area contributed by atoms with Crippen LogP contribution in [0.15, 0.2) is 6.20 Å². The van der Waals surface area contributed by atoms with Crippen LogP contribution in [-0.2, 0) is 6.54 Å². The molecule has 0 saturated carbocycles. The summed E-state index contributed by atoms with van der Waals surface area (Å²) >= 11 is 7.83. The van der Waals surface area contributed by atoms with Crippen molar-refractivity contribution in [1.82, 2.24) is 15.0 Å². The van der Waals surface area contributed by atoms with Gasteiger partial charge in [-0.2, -0.15) is 11.8 Å². The monoisotopic (exact) mass is 233 g/mol. The summed E-state index contributed by atoms with van der Waals surface area (Å²) in [6.07, 6.45) is 3.06. The topological polar surface area (TPSA) is 30.7 Å². The smallest absolute Gasteiger partial charge is 0.100 e. The molecule has 0 saturated heterocycles. The van der Waals surface area contributed by atoms with Crippen LogP contribution in [0.1, 0.15) is 31.3 Å². The number of rotatable bonds is 6. The van der Waals surface area contributed by atoms with Gasteiger partial charge >= 0.3 is 0 Å². The first kappa shape index (κ1) is 11.9. The molecule has 1 heterocycles. The molecule has 0 aliphatic heterocycles. The van der Waals surface area contributed by atoms with Crippen molar-refractivity contribution in [2.45, 2.75) is 32.2 Å². The molecule has 0 bridgehead atoms. The van der Waals surface area contributed by atoms with E-state index in [1.807, 2.05) is 29.6 Å². The van der Waals surface area contributed by atoms with Crippen molar-refractivity contribution in [2.24, 2.45) is 0 Å². The Kier molecular flexibility index (Phi) is 5.33. The molecular weight excluding hydrogens is 218 g/mol. The van der Waals surface area contributed by atoms with E-state index < -0.39 is 0 Å². The molecule has 1 rings (SSSR count). The Morgan fingerprint density at radius 2 is 2.43 bits per heavy atom. The molecule has 0 aromatic carbocycles. The molecule has 0 aliphatic rings. The summed E-state index contributed by atoms with van der Waals surface area (Å²) < 4.78 is 1.87. The summed E-state index contributed by atoms with van der Waals surface area (Å²) in [7, 11) is 0. The third-order valence-electron chi connectivity index (χ3n) is 1.84. The van der Waals surface area contributed by atoms with E-state index in [2.05, 4.69) is 17.2 Å². The molecule has 1 aromatic heterocycles. The van der Waals surface area contributed by atoms with E-state index in [1.54, 1.807) is 0 Å². The van der Waals surface area contributed by atoms with Gasteiger partial charge in [0.2, 0.25) is 0 Å². The van der Waals surface area contributed by atoms with E-state index in [-0.39, 0.29) is 5.38 Å². The van der Waals surface area contributed by atoms with Gasteiger partial charge in [0.1, 0.15) is 5.69 Å². The lowest BCUT2D eigenvalue weighted by Crippen LogP contribution is -1.99. The van der Waals surface area contributed by atoms with Gasteiger partial charge in [-0.25, -0.2) is 0 Å². The van der Waals surface area contributed by atoms with Crippen molar-refractivity contribution < 1.29 is 0 Å². The van der Waals surface area contributed by atoms with E-state index in [4.69, 9.17) is 11.6 Å². The molecule has 0 radical (unpaired) electrons. The predicted molar refractivity (Wildman–Crippen MR) is 61.9 cm³/mol. The van der Waals surface area contributed by atoms with Gasteiger partial charge in [0.05, 0.1) is 5.38 Å². The molecular formula is C9H16ClN3S. The van der Waals surface area contributed by atoms with Crippen LogP contribution in [0.3, 0.4) is 0 Å². The van der Waals surface area contributed by atoms with Crippen molar-refractivity contribution in [3.63, 3.8) is 0 Å². The Bertz CT molecular complexity index is 262. The number of hydrogen-bond donors (Lipinski definition) is 0. The first-order chi connectivity index (χ1) is 6.74. The zero-order valence-electron chi connectivity index (χ0n) is 8.61. The first-order valence-corrected chi connectivity index (χ1v) is 6.45. The zero-order valence-corrected chi connectivity index (χ0v) is 10.2. The maximum Gasteiger partial charge on any atom is 0.100 e. The lowest BCUT2D eigenvalue weighted by molar-refractivity contribution is 0.582. The standard InChI is InChI=1S/C9H16ClN3S/c1-3-14-6-4-5-13-7-9(8(2)10)11-12-13/h7-8H,3-6H2,1-2H3. The maximum atomic E-state index is 5.88. The number of aryl methyl sites for hydroxylation is 1. The largest absolute Gasteiger partial charge is 0.252 e. The van der Waals surface area contributed by atoms with Gasteiger partial charge in [-0.3, -0.25) is 4.68 Å². The summed E-state index contributed by atoms with van der Waals surface area (Å²) in [6, 6.07) is 0. The fourth-order valence-electron chi connectivity index (χ4n) is 1.08. The number of hydrogen-bond acceptors (Lipinski definition) is 3. The Balaban J connectivity index is 2.29. The van der Waals surface area contributed by atoms with Crippen LogP contribution < -0.4 is 0 Å². The lowest BCUT2D eigenvalue weighted by Gasteiger charge is -1.99. The Morgan fingerprint density at radius 1 is 1.64 bits per heavy atom. The van der Waals surface area contributed by atoms with E-state index in [0.717, 1.165) is 18.7 Å². The molecule has 1 aromatic rings. The van der Waals surface area contributed by atoms with Crippen LogP contribution in [-0.4, -0.2) is 26.5 Å². The van der Waals surface area contributed by atoms with E-state index in [1.165, 1.54) is 11.5 Å². The zero-order chi connectivity index (χ0) is 10.4. The summed E-state index contributed by atoms with van der Waals surface area (Å²) in [5, 5.41) is 7.95. The van der Waals surface area contributed by atoms with Gasteiger partial charge in [-0.15, -0.1) is 16.7 Å². The molecule has 0 amide bonds. The highest BCUT2D eigenvalue weighted by Crippen LogP contribution is 2.15. The first-order valence-electron chi connectivity index (χ1n) is 4.86. The fourth-order valence-corrected chi connectivity index (χ4v) is 1.80. The predicted octanol–water partition coefficient (Wildman–Crippen LogP) is 2.72. The quantitative estimate of drug-likeness (QED) is 0.559. The number of nitrogens with zero attached hydrogens (tertiary/aromatic N) is 3. The third-order valence-corrected chi connectivity index (χ3v) is 3.05. The summed E-state index contributed by atoms with van der Waals surface area (Å²) in [4.78, 5) is 0. The maximum absolute atomic E-state index is 5.88. The van der Waals surface area contributed by atoms with Gasteiger partial charge in [0.25, 0.3) is 0 Å². The Labute approximate surface area is 94.2 Å². The van der Waals surface area contributed by atoms with Crippen molar-refractivity contribution >= 4 is 23.4 Å². The highest BCUT2D eigenvalue weighted by Gasteiger charge is 2.05. The lowest BCUT2D eigenvalue weighted by atomic mass is 10.4. The summed E-state index contributed by atoms with van der Waals surface area (Å²) in [5.74, 6) is 2.36. The van der Waals surface area contributed by atoms with E-state index >= 15 is 0 Å². The molecule has 0 N–H and O–H groups in total. The number of halogens is 1. The molecule has 1 unspecified atom stereocenters. The second kappa shape index (κ2) is 6.30. The number of aromatic nitrogens is 3.